The van der Waals surface area contributed by atoms with Crippen molar-refractivity contribution in [2.24, 2.45) is 5.92 Å². The number of hydrogen-bond acceptors (Lipinski definition) is 9. The fourth-order valence-corrected chi connectivity index (χ4v) is 3.16. The van der Waals surface area contributed by atoms with Crippen LogP contribution in [0.1, 0.15) is 33.3 Å². The summed E-state index contributed by atoms with van der Waals surface area (Å²) in [4.78, 5) is 34.5. The Hall–Kier alpha value is -2.65. The van der Waals surface area contributed by atoms with Gasteiger partial charge in [-0.3, -0.25) is 14.4 Å². The van der Waals surface area contributed by atoms with Gasteiger partial charge in [-0.05, 0) is 17.7 Å². The Balaban J connectivity index is 2.18. The predicted octanol–water partition coefficient (Wildman–Crippen LogP) is 2.00. The molecule has 0 aliphatic carbocycles. The Labute approximate surface area is 175 Å². The molecule has 9 heteroatoms. The van der Waals surface area contributed by atoms with E-state index in [0.717, 1.165) is 11.3 Å². The second kappa shape index (κ2) is 10.9. The van der Waals surface area contributed by atoms with Crippen LogP contribution in [0, 0.1) is 5.92 Å². The summed E-state index contributed by atoms with van der Waals surface area (Å²) in [5.41, 5.74) is 0.884. The predicted molar refractivity (Wildman–Crippen MR) is 103 cm³/mol. The van der Waals surface area contributed by atoms with Crippen LogP contribution in [0.3, 0.4) is 0 Å². The van der Waals surface area contributed by atoms with Crippen molar-refractivity contribution in [2.45, 2.75) is 58.9 Å². The fourth-order valence-electron chi connectivity index (χ4n) is 3.16. The van der Waals surface area contributed by atoms with Crippen LogP contribution in [0.15, 0.2) is 24.3 Å². The molecule has 2 rings (SSSR count). The summed E-state index contributed by atoms with van der Waals surface area (Å²) in [7, 11) is 1.58. The lowest BCUT2D eigenvalue weighted by Crippen LogP contribution is -2.58. The Morgan fingerprint density at radius 2 is 1.53 bits per heavy atom. The van der Waals surface area contributed by atoms with Crippen LogP contribution >= 0.6 is 0 Å². The second-order valence-electron chi connectivity index (χ2n) is 7.01. The van der Waals surface area contributed by atoms with Crippen LogP contribution in [-0.4, -0.2) is 56.2 Å². The van der Waals surface area contributed by atoms with E-state index in [1.165, 1.54) is 20.8 Å². The first-order valence-electron chi connectivity index (χ1n) is 9.59. The Morgan fingerprint density at radius 1 is 0.933 bits per heavy atom. The quantitative estimate of drug-likeness (QED) is 0.457. The van der Waals surface area contributed by atoms with E-state index >= 15 is 0 Å². The largest absolute Gasteiger partial charge is 0.497 e. The van der Waals surface area contributed by atoms with Crippen LogP contribution in [-0.2, 0) is 44.7 Å². The molecule has 1 aliphatic heterocycles. The molecule has 1 saturated heterocycles. The summed E-state index contributed by atoms with van der Waals surface area (Å²) in [5.74, 6) is -1.35. The summed E-state index contributed by atoms with van der Waals surface area (Å²) in [6.45, 7) is 5.58. The molecule has 3 unspecified atom stereocenters. The average molecular weight is 424 g/mol. The summed E-state index contributed by atoms with van der Waals surface area (Å²) in [6, 6.07) is 7.33. The van der Waals surface area contributed by atoms with Gasteiger partial charge < -0.3 is 28.4 Å². The molecule has 0 aromatic heterocycles. The van der Waals surface area contributed by atoms with E-state index in [2.05, 4.69) is 0 Å². The maximum atomic E-state index is 11.7. The highest BCUT2D eigenvalue weighted by molar-refractivity contribution is 5.67. The number of hydrogen-bond donors (Lipinski definition) is 0. The first kappa shape index (κ1) is 23.6. The molecule has 1 heterocycles. The topological polar surface area (TPSA) is 107 Å². The van der Waals surface area contributed by atoms with Gasteiger partial charge >= 0.3 is 17.9 Å². The van der Waals surface area contributed by atoms with Gasteiger partial charge in [-0.1, -0.05) is 19.1 Å². The normalized spacial score (nSPS) is 25.8. The molecular formula is C21H28O9. The third-order valence-electron chi connectivity index (χ3n) is 4.57. The molecule has 0 N–H and O–H groups in total. The lowest BCUT2D eigenvalue weighted by molar-refractivity contribution is -0.291. The van der Waals surface area contributed by atoms with Crippen molar-refractivity contribution in [2.75, 3.05) is 13.7 Å². The SMILES string of the molecule is COc1ccc(CO[C@@H]2OC(COC(C)=O)[C@@H](OC(C)=O)C(OC(C)=O)C2C)cc1. The fraction of sp³-hybridized carbons (Fsp3) is 0.571. The Kier molecular flexibility index (Phi) is 8.61. The molecule has 1 aromatic rings. The minimum Gasteiger partial charge on any atom is -0.497 e. The van der Waals surface area contributed by atoms with Gasteiger partial charge in [0.25, 0.3) is 0 Å². The molecule has 0 spiro atoms. The standard InChI is InChI=1S/C21H28O9/c1-12-19(28-14(3)23)20(29-15(4)24)18(11-26-13(2)22)30-21(12)27-10-16-6-8-17(25-5)9-7-16/h6-9,12,18-21H,10-11H2,1-5H3/t12?,18?,19?,20-,21-/m1/s1. The zero-order chi connectivity index (χ0) is 22.3. The third kappa shape index (κ3) is 6.70. The van der Waals surface area contributed by atoms with Crippen LogP contribution in [0.25, 0.3) is 0 Å². The molecule has 5 atom stereocenters. The summed E-state index contributed by atoms with van der Waals surface area (Å²) in [5, 5.41) is 0. The van der Waals surface area contributed by atoms with E-state index in [1.54, 1.807) is 14.0 Å². The van der Waals surface area contributed by atoms with Crippen LogP contribution in [0.2, 0.25) is 0 Å². The molecule has 166 valence electrons. The first-order valence-corrected chi connectivity index (χ1v) is 9.59. The number of ether oxygens (including phenoxy) is 6. The number of carbonyl (C=O) groups excluding carboxylic acids is 3. The molecule has 0 amide bonds. The van der Waals surface area contributed by atoms with Gasteiger partial charge in [-0.15, -0.1) is 0 Å². The average Bonchev–Trinajstić information content (AvgIpc) is 2.69. The summed E-state index contributed by atoms with van der Waals surface area (Å²) < 4.78 is 32.9. The maximum absolute atomic E-state index is 11.7. The second-order valence-corrected chi connectivity index (χ2v) is 7.01. The number of carbonyl (C=O) groups is 3. The minimum atomic E-state index is -0.943. The van der Waals surface area contributed by atoms with Crippen molar-refractivity contribution in [3.63, 3.8) is 0 Å². The minimum absolute atomic E-state index is 0.180. The molecule has 1 fully saturated rings. The highest BCUT2D eigenvalue weighted by Crippen LogP contribution is 2.32. The van der Waals surface area contributed by atoms with Crippen LogP contribution < -0.4 is 4.74 Å². The molecular weight excluding hydrogens is 396 g/mol. The molecule has 30 heavy (non-hydrogen) atoms. The molecule has 0 saturated carbocycles. The Morgan fingerprint density at radius 3 is 2.07 bits per heavy atom. The summed E-state index contributed by atoms with van der Waals surface area (Å²) in [6.07, 6.45) is -3.42. The van der Waals surface area contributed by atoms with E-state index in [-0.39, 0.29) is 13.2 Å². The highest BCUT2D eigenvalue weighted by Gasteiger charge is 2.48. The van der Waals surface area contributed by atoms with E-state index in [4.69, 9.17) is 28.4 Å². The van der Waals surface area contributed by atoms with E-state index in [0.29, 0.717) is 0 Å². The van der Waals surface area contributed by atoms with Crippen molar-refractivity contribution in [3.05, 3.63) is 29.8 Å². The molecule has 1 aliphatic rings. The van der Waals surface area contributed by atoms with Gasteiger partial charge in [-0.2, -0.15) is 0 Å². The monoisotopic (exact) mass is 424 g/mol. The zero-order valence-corrected chi connectivity index (χ0v) is 17.8. The lowest BCUT2D eigenvalue weighted by atomic mass is 9.92. The van der Waals surface area contributed by atoms with Gasteiger partial charge in [0.15, 0.2) is 12.4 Å². The van der Waals surface area contributed by atoms with E-state index in [1.807, 2.05) is 24.3 Å². The number of benzene rings is 1. The zero-order valence-electron chi connectivity index (χ0n) is 17.8. The van der Waals surface area contributed by atoms with Crippen LogP contribution in [0.5, 0.6) is 5.75 Å². The number of methoxy groups -OCH3 is 1. The summed E-state index contributed by atoms with van der Waals surface area (Å²) >= 11 is 0. The molecule has 0 bridgehead atoms. The molecule has 1 aromatic carbocycles. The highest BCUT2D eigenvalue weighted by atomic mass is 16.7. The van der Waals surface area contributed by atoms with E-state index in [9.17, 15) is 14.4 Å². The van der Waals surface area contributed by atoms with Crippen molar-refractivity contribution in [3.8, 4) is 5.75 Å². The van der Waals surface area contributed by atoms with Gasteiger partial charge in [0, 0.05) is 26.7 Å². The first-order chi connectivity index (χ1) is 14.2. The van der Waals surface area contributed by atoms with Crippen LogP contribution in [0.4, 0.5) is 0 Å². The van der Waals surface area contributed by atoms with Crippen molar-refractivity contribution in [1.29, 1.82) is 0 Å². The smallest absolute Gasteiger partial charge is 0.303 e. The number of esters is 3. The Bertz CT molecular complexity index is 730. The van der Waals surface area contributed by atoms with Crippen molar-refractivity contribution < 1.29 is 42.8 Å². The maximum Gasteiger partial charge on any atom is 0.303 e. The van der Waals surface area contributed by atoms with Gasteiger partial charge in [-0.25, -0.2) is 0 Å². The van der Waals surface area contributed by atoms with Crippen molar-refractivity contribution in [1.82, 2.24) is 0 Å². The van der Waals surface area contributed by atoms with Gasteiger partial charge in [0.05, 0.1) is 13.7 Å². The molecule has 0 radical (unpaired) electrons. The third-order valence-corrected chi connectivity index (χ3v) is 4.57. The van der Waals surface area contributed by atoms with Crippen molar-refractivity contribution >= 4 is 17.9 Å². The van der Waals surface area contributed by atoms with Gasteiger partial charge in [0.1, 0.15) is 24.6 Å². The lowest BCUT2D eigenvalue weighted by Gasteiger charge is -2.43. The van der Waals surface area contributed by atoms with E-state index < -0.39 is 48.4 Å². The number of rotatable bonds is 8. The van der Waals surface area contributed by atoms with Gasteiger partial charge in [0.2, 0.25) is 0 Å². The molecule has 9 nitrogen and oxygen atoms in total.